The number of benzene rings is 1. The smallest absolute Gasteiger partial charge is 0.303 e. The molecule has 15 heavy (non-hydrogen) atoms. The number of hydrogen-bond donors (Lipinski definition) is 1. The number of ether oxygens (including phenoxy) is 1. The van der Waals surface area contributed by atoms with Crippen LogP contribution in [-0.4, -0.2) is 11.1 Å². The molecule has 3 heteroatoms. The lowest BCUT2D eigenvalue weighted by Crippen LogP contribution is -2.15. The third kappa shape index (κ3) is 1.96. The number of phenols is 1. The Morgan fingerprint density at radius 3 is 3.07 bits per heavy atom. The van der Waals surface area contributed by atoms with Crippen molar-refractivity contribution in [2.24, 2.45) is 0 Å². The van der Waals surface area contributed by atoms with Crippen molar-refractivity contribution in [1.29, 1.82) is 0 Å². The Morgan fingerprint density at radius 2 is 2.33 bits per heavy atom. The van der Waals surface area contributed by atoms with E-state index in [2.05, 4.69) is 0 Å². The van der Waals surface area contributed by atoms with E-state index in [-0.39, 0.29) is 12.1 Å². The van der Waals surface area contributed by atoms with Crippen LogP contribution in [0.25, 0.3) is 0 Å². The fourth-order valence-electron chi connectivity index (χ4n) is 2.11. The molecule has 1 aromatic carbocycles. The van der Waals surface area contributed by atoms with E-state index in [4.69, 9.17) is 4.74 Å². The summed E-state index contributed by atoms with van der Waals surface area (Å²) in [5.41, 5.74) is 1.88. The maximum Gasteiger partial charge on any atom is 0.303 e. The molecule has 0 radical (unpaired) electrons. The zero-order chi connectivity index (χ0) is 10.8. The van der Waals surface area contributed by atoms with Crippen LogP contribution in [0.1, 0.15) is 37.0 Å². The van der Waals surface area contributed by atoms with Gasteiger partial charge in [0, 0.05) is 12.5 Å². The normalized spacial score (nSPS) is 19.4. The van der Waals surface area contributed by atoms with Crippen LogP contribution in [0.3, 0.4) is 0 Å². The summed E-state index contributed by atoms with van der Waals surface area (Å²) in [6.45, 7) is 1.41. The minimum absolute atomic E-state index is 0.182. The molecule has 0 aromatic heterocycles. The molecule has 0 amide bonds. The molecule has 1 aliphatic carbocycles. The summed E-state index contributed by atoms with van der Waals surface area (Å²) in [6, 6.07) is 5.38. The largest absolute Gasteiger partial charge is 0.508 e. The van der Waals surface area contributed by atoms with Crippen LogP contribution in [-0.2, 0) is 16.0 Å². The van der Waals surface area contributed by atoms with Gasteiger partial charge in [0.2, 0.25) is 0 Å². The number of carbonyl (C=O) groups is 1. The minimum atomic E-state index is -0.267. The maximum absolute atomic E-state index is 10.9. The van der Waals surface area contributed by atoms with E-state index in [1.54, 1.807) is 12.1 Å². The van der Waals surface area contributed by atoms with Gasteiger partial charge in [0.15, 0.2) is 0 Å². The summed E-state index contributed by atoms with van der Waals surface area (Å²) in [7, 11) is 0. The van der Waals surface area contributed by atoms with Crippen molar-refractivity contribution in [2.45, 2.75) is 32.3 Å². The molecule has 0 saturated carbocycles. The highest BCUT2D eigenvalue weighted by molar-refractivity contribution is 5.66. The molecule has 3 nitrogen and oxygen atoms in total. The highest BCUT2D eigenvalue weighted by Gasteiger charge is 2.24. The van der Waals surface area contributed by atoms with Crippen LogP contribution in [0.2, 0.25) is 0 Å². The predicted octanol–water partition coefficient (Wildman–Crippen LogP) is 2.33. The zero-order valence-corrected chi connectivity index (χ0v) is 8.69. The fourth-order valence-corrected chi connectivity index (χ4v) is 2.11. The number of hydrogen-bond acceptors (Lipinski definition) is 3. The summed E-state index contributed by atoms with van der Waals surface area (Å²) in [5, 5.41) is 9.67. The van der Waals surface area contributed by atoms with Crippen LogP contribution in [0, 0.1) is 0 Å². The van der Waals surface area contributed by atoms with Gasteiger partial charge in [-0.1, -0.05) is 12.1 Å². The minimum Gasteiger partial charge on any atom is -0.508 e. The van der Waals surface area contributed by atoms with Gasteiger partial charge in [-0.05, 0) is 30.9 Å². The summed E-state index contributed by atoms with van der Waals surface area (Å²) >= 11 is 0. The lowest BCUT2D eigenvalue weighted by molar-refractivity contribution is -0.147. The van der Waals surface area contributed by atoms with E-state index in [0.717, 1.165) is 30.4 Å². The summed E-state index contributed by atoms with van der Waals surface area (Å²) in [6.07, 6.45) is 2.47. The Hall–Kier alpha value is -1.51. The Labute approximate surface area is 88.7 Å². The number of carbonyl (C=O) groups excluding carboxylic acids is 1. The summed E-state index contributed by atoms with van der Waals surface area (Å²) in [5.74, 6) is 0.0422. The molecule has 1 aliphatic rings. The van der Waals surface area contributed by atoms with E-state index >= 15 is 0 Å². The average Bonchev–Trinajstić information content (AvgIpc) is 2.19. The van der Waals surface area contributed by atoms with Crippen molar-refractivity contribution >= 4 is 5.97 Å². The molecule has 80 valence electrons. The third-order valence-electron chi connectivity index (χ3n) is 2.74. The number of phenolic OH excluding ortho intramolecular Hbond substituents is 1. The molecule has 0 fully saturated rings. The third-order valence-corrected chi connectivity index (χ3v) is 2.74. The molecule has 1 atom stereocenters. The molecular formula is C12H14O3. The van der Waals surface area contributed by atoms with Gasteiger partial charge < -0.3 is 9.84 Å². The molecule has 0 aliphatic heterocycles. The zero-order valence-electron chi connectivity index (χ0n) is 8.69. The predicted molar refractivity (Wildman–Crippen MR) is 55.6 cm³/mol. The number of rotatable bonds is 1. The summed E-state index contributed by atoms with van der Waals surface area (Å²) < 4.78 is 5.22. The second-order valence-electron chi connectivity index (χ2n) is 3.84. The van der Waals surface area contributed by atoms with Crippen LogP contribution in [0.4, 0.5) is 0 Å². The van der Waals surface area contributed by atoms with Crippen molar-refractivity contribution in [3.8, 4) is 5.75 Å². The Balaban J connectivity index is 2.34. The van der Waals surface area contributed by atoms with E-state index in [9.17, 15) is 9.90 Å². The topological polar surface area (TPSA) is 46.5 Å². The number of aromatic hydroxyl groups is 1. The Kier molecular flexibility index (Phi) is 2.62. The van der Waals surface area contributed by atoms with Crippen molar-refractivity contribution in [3.05, 3.63) is 29.3 Å². The first-order valence-electron chi connectivity index (χ1n) is 5.16. The van der Waals surface area contributed by atoms with Crippen LogP contribution in [0.5, 0.6) is 5.75 Å². The molecule has 0 unspecified atom stereocenters. The standard InChI is InChI=1S/C12H14O3/c1-8(13)15-12-7-3-4-9-10(12)5-2-6-11(9)14/h2,5-6,12,14H,3-4,7H2,1H3/t12-/m1/s1. The van der Waals surface area contributed by atoms with Crippen LogP contribution >= 0.6 is 0 Å². The molecule has 1 N–H and O–H groups in total. The second-order valence-corrected chi connectivity index (χ2v) is 3.84. The Bertz CT molecular complexity index is 384. The van der Waals surface area contributed by atoms with Gasteiger partial charge >= 0.3 is 5.97 Å². The van der Waals surface area contributed by atoms with Crippen molar-refractivity contribution in [1.82, 2.24) is 0 Å². The average molecular weight is 206 g/mol. The summed E-state index contributed by atoms with van der Waals surface area (Å²) in [4.78, 5) is 10.9. The first kappa shape index (κ1) is 10.0. The molecule has 0 heterocycles. The van der Waals surface area contributed by atoms with Crippen molar-refractivity contribution in [2.75, 3.05) is 0 Å². The van der Waals surface area contributed by atoms with Gasteiger partial charge in [-0.2, -0.15) is 0 Å². The van der Waals surface area contributed by atoms with Gasteiger partial charge in [-0.15, -0.1) is 0 Å². The van der Waals surface area contributed by atoms with Gasteiger partial charge in [0.25, 0.3) is 0 Å². The van der Waals surface area contributed by atoms with Crippen LogP contribution in [0.15, 0.2) is 18.2 Å². The van der Waals surface area contributed by atoms with E-state index in [1.165, 1.54) is 6.92 Å². The monoisotopic (exact) mass is 206 g/mol. The van der Waals surface area contributed by atoms with Crippen LogP contribution < -0.4 is 0 Å². The molecule has 0 saturated heterocycles. The van der Waals surface area contributed by atoms with E-state index in [1.807, 2.05) is 6.07 Å². The number of esters is 1. The Morgan fingerprint density at radius 1 is 1.53 bits per heavy atom. The first-order chi connectivity index (χ1) is 7.18. The van der Waals surface area contributed by atoms with Crippen molar-refractivity contribution in [3.63, 3.8) is 0 Å². The highest BCUT2D eigenvalue weighted by atomic mass is 16.5. The second kappa shape index (κ2) is 3.93. The van der Waals surface area contributed by atoms with Crippen molar-refractivity contribution < 1.29 is 14.6 Å². The SMILES string of the molecule is CC(=O)O[C@@H]1CCCc2c(O)cccc21. The molecule has 0 bridgehead atoms. The fraction of sp³-hybridized carbons (Fsp3) is 0.417. The first-order valence-corrected chi connectivity index (χ1v) is 5.16. The highest BCUT2D eigenvalue weighted by Crippen LogP contribution is 2.36. The van der Waals surface area contributed by atoms with Gasteiger partial charge in [0.05, 0.1) is 0 Å². The van der Waals surface area contributed by atoms with E-state index in [0.29, 0.717) is 5.75 Å². The van der Waals surface area contributed by atoms with E-state index < -0.39 is 0 Å². The lowest BCUT2D eigenvalue weighted by atomic mass is 9.89. The molecule has 0 spiro atoms. The maximum atomic E-state index is 10.9. The quantitative estimate of drug-likeness (QED) is 0.717. The number of fused-ring (bicyclic) bond motifs is 1. The molecule has 2 rings (SSSR count). The van der Waals surface area contributed by atoms with Gasteiger partial charge in [-0.3, -0.25) is 4.79 Å². The molecular weight excluding hydrogens is 192 g/mol. The lowest BCUT2D eigenvalue weighted by Gasteiger charge is -2.25. The van der Waals surface area contributed by atoms with Gasteiger partial charge in [-0.25, -0.2) is 0 Å². The molecule has 1 aromatic rings. The van der Waals surface area contributed by atoms with Gasteiger partial charge in [0.1, 0.15) is 11.9 Å².